The van der Waals surface area contributed by atoms with Crippen LogP contribution in [-0.4, -0.2) is 112 Å². The molecule has 4 aromatic heterocycles. The normalized spacial score (nSPS) is 23.8. The highest BCUT2D eigenvalue weighted by molar-refractivity contribution is 7.87. The number of aliphatic hydroxyl groups excluding tert-OH is 3. The summed E-state index contributed by atoms with van der Waals surface area (Å²) < 4.78 is 44.9. The molecule has 4 aromatic rings. The predicted molar refractivity (Wildman–Crippen MR) is 164 cm³/mol. The summed E-state index contributed by atoms with van der Waals surface area (Å²) in [5, 5.41) is 30.0. The maximum atomic E-state index is 12.4. The van der Waals surface area contributed by atoms with Gasteiger partial charge in [-0.05, 0) is 0 Å². The van der Waals surface area contributed by atoms with Crippen LogP contribution in [0.1, 0.15) is 11.9 Å². The number of rotatable bonds is 12. The third kappa shape index (κ3) is 7.57. The summed E-state index contributed by atoms with van der Waals surface area (Å²) in [6.07, 6.45) is -5.87. The van der Waals surface area contributed by atoms with Gasteiger partial charge in [0.2, 0.25) is 11.9 Å². The number of anilines is 2. The van der Waals surface area contributed by atoms with Crippen LogP contribution in [0, 0.1) is 0 Å². The Kier molecular flexibility index (Phi) is 9.92. The molecule has 0 saturated carbocycles. The van der Waals surface area contributed by atoms with Gasteiger partial charge in [0.05, 0.1) is 47.7 Å². The number of aliphatic hydroxyl groups is 3. The molecule has 1 fully saturated rings. The molecule has 5 rings (SSSR count). The summed E-state index contributed by atoms with van der Waals surface area (Å²) in [5.74, 6) is -0.465. The van der Waals surface area contributed by atoms with E-state index in [2.05, 4.69) is 60.9 Å². The first-order valence-corrected chi connectivity index (χ1v) is 16.7. The van der Waals surface area contributed by atoms with E-state index < -0.39 is 75.9 Å². The summed E-state index contributed by atoms with van der Waals surface area (Å²) in [6.45, 7) is -1.97. The van der Waals surface area contributed by atoms with E-state index in [4.69, 9.17) is 28.4 Å². The number of hydrogen-bond donors (Lipinski definition) is 10. The summed E-state index contributed by atoms with van der Waals surface area (Å²) >= 11 is 9.37. The van der Waals surface area contributed by atoms with Crippen LogP contribution < -0.4 is 22.6 Å². The molecule has 254 valence electrons. The maximum absolute atomic E-state index is 12.4. The fourth-order valence-corrected chi connectivity index (χ4v) is 6.78. The zero-order valence-electron chi connectivity index (χ0n) is 23.1. The van der Waals surface area contributed by atoms with Gasteiger partial charge in [0.15, 0.2) is 28.6 Å². The number of thiol groups is 1. The van der Waals surface area contributed by atoms with Crippen molar-refractivity contribution in [1.82, 2.24) is 39.5 Å². The Hall–Kier alpha value is -3.29. The second-order valence-electron chi connectivity index (χ2n) is 9.69. The number of nitrogens with one attached hydrogen (secondary N) is 2. The van der Waals surface area contributed by atoms with Crippen molar-refractivity contribution in [3.8, 4) is 0 Å². The maximum Gasteiger partial charge on any atom is 0.481 e. The van der Waals surface area contributed by atoms with Crippen molar-refractivity contribution in [2.24, 2.45) is 0 Å². The molecule has 0 bridgehead atoms. The molecule has 0 aromatic carbocycles. The fourth-order valence-electron chi connectivity index (χ4n) is 4.21. The number of nitrogen functional groups attached to an aromatic ring is 2. The molecule has 47 heavy (non-hydrogen) atoms. The molecule has 0 spiro atoms. The number of ether oxygens (including phenoxy) is 1. The lowest BCUT2D eigenvalue weighted by Gasteiger charge is -2.21. The number of phosphoric ester groups is 2. The van der Waals surface area contributed by atoms with E-state index in [1.807, 2.05) is 0 Å². The van der Waals surface area contributed by atoms with Crippen LogP contribution in [0.4, 0.5) is 11.9 Å². The van der Waals surface area contributed by atoms with Crippen molar-refractivity contribution < 1.29 is 52.3 Å². The number of nitrogens with two attached hydrogens (primary N) is 2. The number of imidazole rings is 1. The van der Waals surface area contributed by atoms with Gasteiger partial charge in [0.1, 0.15) is 18.3 Å². The zero-order valence-corrected chi connectivity index (χ0v) is 26.6. The van der Waals surface area contributed by atoms with E-state index >= 15 is 0 Å². The van der Waals surface area contributed by atoms with Crippen LogP contribution in [0.2, 0.25) is 0 Å². The van der Waals surface area contributed by atoms with E-state index in [-0.39, 0.29) is 44.8 Å². The standard InChI is InChI=1S/C20H24N10O13P2S2/c21-19-26-14-8(16(34)28-19)25-5(1-23-14)12(46)13(47)6(31)2-40-44(36,37)43-45(38,39)41-3-7-10(32)11(33)18(42-7)30-4-24-9-15(30)27-20(22)29-17(9)35/h1,4,6-7,10-11,13,18,31-33,47H,2-3H2,(H,36,37)(H,38,39)(H3,22,27,29,35)(H3,21,23,26,28,34)/t6-,7-,10-,11-,13?,18-/m1/s1. The number of thiocarbonyl (C=S) groups is 1. The Bertz CT molecular complexity index is 2060. The van der Waals surface area contributed by atoms with E-state index in [9.17, 15) is 43.8 Å². The second kappa shape index (κ2) is 13.3. The van der Waals surface area contributed by atoms with Gasteiger partial charge in [-0.3, -0.25) is 33.2 Å². The molecule has 3 unspecified atom stereocenters. The number of phosphoric acid groups is 2. The van der Waals surface area contributed by atoms with Crippen LogP contribution in [0.15, 0.2) is 22.1 Å². The van der Waals surface area contributed by atoms with Crippen molar-refractivity contribution in [1.29, 1.82) is 0 Å². The fraction of sp³-hybridized carbons (Fsp3) is 0.400. The first-order valence-electron chi connectivity index (χ1n) is 12.8. The molecule has 5 heterocycles. The largest absolute Gasteiger partial charge is 0.481 e. The van der Waals surface area contributed by atoms with Crippen LogP contribution >= 0.6 is 40.5 Å². The third-order valence-corrected chi connectivity index (χ3v) is 10.2. The number of H-pyrrole nitrogens is 2. The molecule has 23 nitrogen and oxygen atoms in total. The minimum atomic E-state index is -5.42. The van der Waals surface area contributed by atoms with E-state index in [1.54, 1.807) is 0 Å². The predicted octanol–water partition coefficient (Wildman–Crippen LogP) is -2.74. The first-order chi connectivity index (χ1) is 22.0. The van der Waals surface area contributed by atoms with Gasteiger partial charge in [-0.2, -0.15) is 26.9 Å². The van der Waals surface area contributed by atoms with Crippen molar-refractivity contribution in [3.05, 3.63) is 38.9 Å². The first kappa shape index (κ1) is 35.0. The number of fused-ring (bicyclic) bond motifs is 2. The monoisotopic (exact) mass is 738 g/mol. The Labute approximate surface area is 270 Å². The molecular weight excluding hydrogens is 714 g/mol. The SMILES string of the molecule is Nc1nc2ncc(C(=S)C(S)[C@H](O)COP(=O)(O)OP(=O)(O)OC[C@H]3O[C@@H](n4cnc5c(=O)[nH]c(N)nc54)[C@H](O)[C@@H]3O)nc2c(=O)[nH]1. The number of aromatic nitrogens is 8. The highest BCUT2D eigenvalue weighted by Crippen LogP contribution is 2.60. The molecule has 27 heteroatoms. The van der Waals surface area contributed by atoms with Gasteiger partial charge in [-0.25, -0.2) is 24.1 Å². The molecule has 0 radical (unpaired) electrons. The van der Waals surface area contributed by atoms with E-state index in [0.29, 0.717) is 0 Å². The quantitative estimate of drug-likeness (QED) is 0.0305. The Morgan fingerprint density at radius 3 is 2.38 bits per heavy atom. The van der Waals surface area contributed by atoms with Gasteiger partial charge in [-0.1, -0.05) is 12.2 Å². The molecule has 11 N–H and O–H groups in total. The second-order valence-corrected chi connectivity index (χ2v) is 13.7. The highest BCUT2D eigenvalue weighted by Gasteiger charge is 2.46. The van der Waals surface area contributed by atoms with Gasteiger partial charge >= 0.3 is 15.6 Å². The van der Waals surface area contributed by atoms with Crippen molar-refractivity contribution >= 4 is 79.6 Å². The third-order valence-electron chi connectivity index (χ3n) is 6.40. The number of hydrogen-bond acceptors (Lipinski definition) is 20. The van der Waals surface area contributed by atoms with Crippen LogP contribution in [-0.2, 0) is 27.2 Å². The van der Waals surface area contributed by atoms with Gasteiger partial charge in [-0.15, -0.1) is 0 Å². The van der Waals surface area contributed by atoms with Crippen LogP contribution in [0.25, 0.3) is 22.3 Å². The minimum Gasteiger partial charge on any atom is -0.389 e. The number of nitrogens with zero attached hydrogens (tertiary/aromatic N) is 6. The Balaban J connectivity index is 1.16. The summed E-state index contributed by atoms with van der Waals surface area (Å²) in [4.78, 5) is 68.0. The molecular formula is C20H24N10O13P2S2. The lowest BCUT2D eigenvalue weighted by molar-refractivity contribution is -0.0504. The lowest BCUT2D eigenvalue weighted by atomic mass is 10.1. The molecule has 0 amide bonds. The average molecular weight is 739 g/mol. The Morgan fingerprint density at radius 2 is 1.68 bits per heavy atom. The lowest BCUT2D eigenvalue weighted by Crippen LogP contribution is -2.33. The topological polar surface area (TPSA) is 359 Å². The molecule has 1 aliphatic heterocycles. The smallest absolute Gasteiger partial charge is 0.389 e. The molecule has 1 aliphatic rings. The van der Waals surface area contributed by atoms with E-state index in [1.165, 1.54) is 0 Å². The summed E-state index contributed by atoms with van der Waals surface area (Å²) in [7, 11) is -10.8. The van der Waals surface area contributed by atoms with Gasteiger partial charge in [0, 0.05) is 0 Å². The average Bonchev–Trinajstić information content (AvgIpc) is 3.53. The van der Waals surface area contributed by atoms with E-state index in [0.717, 1.165) is 17.1 Å². The van der Waals surface area contributed by atoms with Crippen molar-refractivity contribution in [3.63, 3.8) is 0 Å². The van der Waals surface area contributed by atoms with Crippen LogP contribution in [0.5, 0.6) is 0 Å². The van der Waals surface area contributed by atoms with Crippen LogP contribution in [0.3, 0.4) is 0 Å². The summed E-state index contributed by atoms with van der Waals surface area (Å²) in [5.41, 5.74) is 8.99. The molecule has 1 saturated heterocycles. The van der Waals surface area contributed by atoms with Gasteiger partial charge < -0.3 is 41.3 Å². The highest BCUT2D eigenvalue weighted by atomic mass is 32.1. The van der Waals surface area contributed by atoms with Crippen molar-refractivity contribution in [2.75, 3.05) is 24.7 Å². The summed E-state index contributed by atoms with van der Waals surface area (Å²) in [6, 6.07) is 0. The minimum absolute atomic E-state index is 0.0701. The zero-order chi connectivity index (χ0) is 34.4. The molecule has 8 atom stereocenters. The molecule has 0 aliphatic carbocycles. The van der Waals surface area contributed by atoms with Gasteiger partial charge in [0.25, 0.3) is 11.1 Å². The Morgan fingerprint density at radius 1 is 1.04 bits per heavy atom. The van der Waals surface area contributed by atoms with Crippen molar-refractivity contribution in [2.45, 2.75) is 35.9 Å². The number of aromatic amines is 2.